The lowest BCUT2D eigenvalue weighted by atomic mass is 9.97. The number of aliphatic imine (C=N–C) groups is 1. The quantitative estimate of drug-likeness (QED) is 0.580. The third kappa shape index (κ3) is 5.06. The molecule has 2 aromatic rings. The van der Waals surface area contributed by atoms with E-state index in [9.17, 15) is 0 Å². The first-order chi connectivity index (χ1) is 13.8. The first-order valence-electron chi connectivity index (χ1n) is 10.2. The smallest absolute Gasteiger partial charge is 0.191 e. The Kier molecular flexibility index (Phi) is 6.49. The fourth-order valence-electron chi connectivity index (χ4n) is 4.01. The average Bonchev–Trinajstić information content (AvgIpc) is 3.38. The molecule has 1 aromatic heterocycles. The minimum atomic E-state index is 0.177. The van der Waals surface area contributed by atoms with E-state index < -0.39 is 0 Å². The van der Waals surface area contributed by atoms with E-state index in [1.807, 2.05) is 30.5 Å². The Morgan fingerprint density at radius 2 is 1.96 bits per heavy atom. The highest BCUT2D eigenvalue weighted by atomic mass is 32.1. The van der Waals surface area contributed by atoms with Gasteiger partial charge in [0, 0.05) is 31.4 Å². The summed E-state index contributed by atoms with van der Waals surface area (Å²) >= 11 is 1.86. The zero-order chi connectivity index (χ0) is 19.2. The maximum Gasteiger partial charge on any atom is 0.191 e. The Hall–Kier alpha value is -2.05. The predicted molar refractivity (Wildman–Crippen MR) is 116 cm³/mol. The van der Waals surface area contributed by atoms with Crippen LogP contribution in [0.4, 0.5) is 0 Å². The molecule has 5 nitrogen and oxygen atoms in total. The van der Waals surface area contributed by atoms with E-state index in [-0.39, 0.29) is 6.10 Å². The van der Waals surface area contributed by atoms with Crippen molar-refractivity contribution in [1.29, 1.82) is 0 Å². The first kappa shape index (κ1) is 19.3. The molecular formula is C22H30N4OS. The Bertz CT molecular complexity index is 744. The molecule has 1 atom stereocenters. The van der Waals surface area contributed by atoms with Gasteiger partial charge in [0.2, 0.25) is 0 Å². The minimum absolute atomic E-state index is 0.177. The highest BCUT2D eigenvalue weighted by Crippen LogP contribution is 2.27. The molecule has 1 fully saturated rings. The Morgan fingerprint density at radius 3 is 2.71 bits per heavy atom. The highest BCUT2D eigenvalue weighted by Gasteiger charge is 2.23. The molecule has 150 valence electrons. The summed E-state index contributed by atoms with van der Waals surface area (Å²) in [4.78, 5) is 8.42. The number of nitrogens with one attached hydrogen (secondary N) is 2. The Balaban J connectivity index is 1.14. The predicted octanol–water partition coefficient (Wildman–Crippen LogP) is 3.13. The van der Waals surface area contributed by atoms with Gasteiger partial charge in [-0.2, -0.15) is 0 Å². The molecule has 4 rings (SSSR count). The molecule has 2 N–H and O–H groups in total. The summed E-state index contributed by atoms with van der Waals surface area (Å²) in [5.41, 5.74) is 1.30. The lowest BCUT2D eigenvalue weighted by Gasteiger charge is -2.32. The van der Waals surface area contributed by atoms with Crippen molar-refractivity contribution in [3.8, 4) is 5.75 Å². The van der Waals surface area contributed by atoms with Crippen LogP contribution >= 0.6 is 11.3 Å². The zero-order valence-corrected chi connectivity index (χ0v) is 17.4. The van der Waals surface area contributed by atoms with E-state index in [1.165, 1.54) is 36.4 Å². The van der Waals surface area contributed by atoms with Crippen LogP contribution in [-0.4, -0.2) is 50.2 Å². The second-order valence-electron chi connectivity index (χ2n) is 7.68. The van der Waals surface area contributed by atoms with Crippen molar-refractivity contribution in [2.24, 2.45) is 10.9 Å². The van der Waals surface area contributed by atoms with Crippen LogP contribution in [0.1, 0.15) is 23.3 Å². The molecule has 0 bridgehead atoms. The second kappa shape index (κ2) is 9.43. The number of piperidine rings is 1. The molecule has 3 heterocycles. The van der Waals surface area contributed by atoms with Crippen LogP contribution < -0.4 is 15.4 Å². The summed E-state index contributed by atoms with van der Waals surface area (Å²) in [5, 5.41) is 9.11. The SMILES string of the molecule is CN=C(NCC1CCN(Cc2cccs2)CC1)NCC1Cc2ccccc2O1. The van der Waals surface area contributed by atoms with Gasteiger partial charge in [0.1, 0.15) is 11.9 Å². The summed E-state index contributed by atoms with van der Waals surface area (Å²) in [7, 11) is 1.84. The number of para-hydroxylation sites is 1. The third-order valence-electron chi connectivity index (χ3n) is 5.66. The number of guanidine groups is 1. The molecule has 0 aliphatic carbocycles. The van der Waals surface area contributed by atoms with Gasteiger partial charge in [-0.15, -0.1) is 11.3 Å². The zero-order valence-electron chi connectivity index (χ0n) is 16.6. The first-order valence-corrected chi connectivity index (χ1v) is 11.1. The molecule has 0 radical (unpaired) electrons. The number of likely N-dealkylation sites (tertiary alicyclic amines) is 1. The van der Waals surface area contributed by atoms with Crippen LogP contribution in [-0.2, 0) is 13.0 Å². The third-order valence-corrected chi connectivity index (χ3v) is 6.52. The number of fused-ring (bicyclic) bond motifs is 1. The van der Waals surface area contributed by atoms with Gasteiger partial charge in [-0.3, -0.25) is 9.89 Å². The molecule has 28 heavy (non-hydrogen) atoms. The minimum Gasteiger partial charge on any atom is -0.488 e. The molecule has 2 aliphatic rings. The summed E-state index contributed by atoms with van der Waals surface area (Å²) in [6, 6.07) is 12.7. The molecule has 2 aliphatic heterocycles. The number of hydrogen-bond acceptors (Lipinski definition) is 4. The van der Waals surface area contributed by atoms with E-state index >= 15 is 0 Å². The Morgan fingerprint density at radius 1 is 1.14 bits per heavy atom. The maximum absolute atomic E-state index is 6.00. The molecule has 1 aromatic carbocycles. The van der Waals surface area contributed by atoms with Crippen molar-refractivity contribution in [3.05, 3.63) is 52.2 Å². The van der Waals surface area contributed by atoms with E-state index in [0.29, 0.717) is 5.92 Å². The van der Waals surface area contributed by atoms with E-state index in [0.717, 1.165) is 37.8 Å². The fourth-order valence-corrected chi connectivity index (χ4v) is 4.76. The largest absolute Gasteiger partial charge is 0.488 e. The van der Waals surface area contributed by atoms with Crippen molar-refractivity contribution in [1.82, 2.24) is 15.5 Å². The summed E-state index contributed by atoms with van der Waals surface area (Å²) in [5.74, 6) is 2.61. The normalized spacial score (nSPS) is 20.6. The van der Waals surface area contributed by atoms with Gasteiger partial charge in [-0.25, -0.2) is 0 Å². The standard InChI is InChI=1S/C22H30N4OS/c1-23-22(25-15-19-13-18-5-2-3-7-21(18)27-19)24-14-17-8-10-26(11-9-17)16-20-6-4-12-28-20/h2-7,12,17,19H,8-11,13-16H2,1H3,(H2,23,24,25). The second-order valence-corrected chi connectivity index (χ2v) is 8.72. The highest BCUT2D eigenvalue weighted by molar-refractivity contribution is 7.09. The number of hydrogen-bond donors (Lipinski definition) is 2. The van der Waals surface area contributed by atoms with Crippen LogP contribution in [0.2, 0.25) is 0 Å². The van der Waals surface area contributed by atoms with Crippen LogP contribution in [0.25, 0.3) is 0 Å². The topological polar surface area (TPSA) is 48.9 Å². The van der Waals surface area contributed by atoms with Gasteiger partial charge >= 0.3 is 0 Å². The van der Waals surface area contributed by atoms with Gasteiger partial charge in [0.05, 0.1) is 6.54 Å². The molecule has 1 saturated heterocycles. The van der Waals surface area contributed by atoms with Crippen LogP contribution in [0, 0.1) is 5.92 Å². The van der Waals surface area contributed by atoms with Crippen molar-refractivity contribution < 1.29 is 4.74 Å². The molecule has 0 amide bonds. The van der Waals surface area contributed by atoms with Crippen LogP contribution in [0.3, 0.4) is 0 Å². The molecule has 0 saturated carbocycles. The number of thiophene rings is 1. The van der Waals surface area contributed by atoms with Crippen LogP contribution in [0.5, 0.6) is 5.75 Å². The Labute approximate surface area is 171 Å². The molecule has 1 unspecified atom stereocenters. The monoisotopic (exact) mass is 398 g/mol. The van der Waals surface area contributed by atoms with E-state index in [2.05, 4.69) is 50.2 Å². The fraction of sp³-hybridized carbons (Fsp3) is 0.500. The number of ether oxygens (including phenoxy) is 1. The van der Waals surface area contributed by atoms with Crippen LogP contribution in [0.15, 0.2) is 46.8 Å². The van der Waals surface area contributed by atoms with Crippen molar-refractivity contribution in [3.63, 3.8) is 0 Å². The maximum atomic E-state index is 6.00. The average molecular weight is 399 g/mol. The van der Waals surface area contributed by atoms with Gasteiger partial charge in [0.15, 0.2) is 5.96 Å². The van der Waals surface area contributed by atoms with Gasteiger partial charge in [0.25, 0.3) is 0 Å². The lowest BCUT2D eigenvalue weighted by molar-refractivity contribution is 0.179. The number of rotatable bonds is 6. The van der Waals surface area contributed by atoms with Crippen molar-refractivity contribution >= 4 is 17.3 Å². The lowest BCUT2D eigenvalue weighted by Crippen LogP contribution is -2.45. The molecule has 0 spiro atoms. The van der Waals surface area contributed by atoms with Gasteiger partial charge < -0.3 is 15.4 Å². The van der Waals surface area contributed by atoms with E-state index in [1.54, 1.807) is 0 Å². The number of benzene rings is 1. The van der Waals surface area contributed by atoms with Gasteiger partial charge in [-0.1, -0.05) is 24.3 Å². The van der Waals surface area contributed by atoms with Gasteiger partial charge in [-0.05, 0) is 54.9 Å². The molecular weight excluding hydrogens is 368 g/mol. The van der Waals surface area contributed by atoms with Crippen molar-refractivity contribution in [2.45, 2.75) is 31.9 Å². The summed E-state index contributed by atoms with van der Waals surface area (Å²) in [6.07, 6.45) is 3.63. The molecule has 6 heteroatoms. The van der Waals surface area contributed by atoms with E-state index in [4.69, 9.17) is 4.74 Å². The summed E-state index contributed by atoms with van der Waals surface area (Å²) < 4.78 is 6.00. The van der Waals surface area contributed by atoms with Crippen molar-refractivity contribution in [2.75, 3.05) is 33.2 Å². The number of nitrogens with zero attached hydrogens (tertiary/aromatic N) is 2. The summed E-state index contributed by atoms with van der Waals surface area (Å²) in [6.45, 7) is 5.23.